The minimum Gasteiger partial charge on any atom is -0.547 e. The van der Waals surface area contributed by atoms with Gasteiger partial charge in [0.2, 0.25) is 0 Å². The third-order valence-corrected chi connectivity index (χ3v) is 2.47. The van der Waals surface area contributed by atoms with Gasteiger partial charge in [0.1, 0.15) is 5.60 Å². The molecule has 20 heavy (non-hydrogen) atoms. The second-order valence-electron chi connectivity index (χ2n) is 4.27. The van der Waals surface area contributed by atoms with Crippen LogP contribution in [-0.4, -0.2) is 51.9 Å². The average molecular weight is 299 g/mol. The average Bonchev–Trinajstić information content (AvgIpc) is 2.29. The molecular formula is C11H18NNaO7. The molecule has 8 nitrogen and oxygen atoms in total. The van der Waals surface area contributed by atoms with E-state index in [1.54, 1.807) is 0 Å². The van der Waals surface area contributed by atoms with E-state index in [4.69, 9.17) is 15.3 Å². The third kappa shape index (κ3) is 10.2. The smallest absolute Gasteiger partial charge is 0.547 e. The van der Waals surface area contributed by atoms with Crippen molar-refractivity contribution in [2.45, 2.75) is 37.7 Å². The van der Waals surface area contributed by atoms with Crippen LogP contribution in [0.1, 0.15) is 32.1 Å². The van der Waals surface area contributed by atoms with Crippen LogP contribution in [0.25, 0.3) is 0 Å². The van der Waals surface area contributed by atoms with Crippen LogP contribution in [0.5, 0.6) is 0 Å². The molecule has 0 saturated carbocycles. The molecule has 1 saturated heterocycles. The largest absolute Gasteiger partial charge is 1.00 e. The standard InChI is InChI=1S/C6H8O7.C5H11N.Na/c7-3(8)1-6(13,5(11)12)2-4(9)10;1-2-4-6-5-3-1;/h13H,1-2H2,(H,7,8)(H,9,10)(H,11,12);6H,1-5H2;/q;;+1/p-1. The van der Waals surface area contributed by atoms with E-state index in [1.807, 2.05) is 0 Å². The first kappa shape index (κ1) is 21.6. The van der Waals surface area contributed by atoms with Crippen molar-refractivity contribution in [3.63, 3.8) is 0 Å². The number of aliphatic carboxylic acids is 3. The fourth-order valence-electron chi connectivity index (χ4n) is 1.51. The number of carboxylic acids is 3. The van der Waals surface area contributed by atoms with Gasteiger partial charge in [-0.2, -0.15) is 0 Å². The van der Waals surface area contributed by atoms with Crippen LogP contribution in [0.2, 0.25) is 0 Å². The Morgan fingerprint density at radius 3 is 1.55 bits per heavy atom. The van der Waals surface area contributed by atoms with Crippen LogP contribution in [0.3, 0.4) is 0 Å². The van der Waals surface area contributed by atoms with Crippen molar-refractivity contribution in [3.8, 4) is 0 Å². The molecule has 0 aromatic heterocycles. The maximum Gasteiger partial charge on any atom is 1.00 e. The van der Waals surface area contributed by atoms with Gasteiger partial charge in [-0.05, 0) is 25.9 Å². The fraction of sp³-hybridized carbons (Fsp3) is 0.727. The molecule has 9 heteroatoms. The molecule has 0 aliphatic carbocycles. The minimum atomic E-state index is -2.85. The summed E-state index contributed by atoms with van der Waals surface area (Å²) in [5.74, 6) is -5.35. The van der Waals surface area contributed by atoms with E-state index < -0.39 is 36.4 Å². The summed E-state index contributed by atoms with van der Waals surface area (Å²) in [6, 6.07) is 0. The van der Waals surface area contributed by atoms with E-state index in [0.717, 1.165) is 0 Å². The van der Waals surface area contributed by atoms with E-state index in [0.29, 0.717) is 0 Å². The number of rotatable bonds is 5. The molecular weight excluding hydrogens is 281 g/mol. The predicted octanol–water partition coefficient (Wildman–Crippen LogP) is -4.82. The van der Waals surface area contributed by atoms with Crippen molar-refractivity contribution in [2.75, 3.05) is 13.1 Å². The molecule has 1 heterocycles. The van der Waals surface area contributed by atoms with Crippen molar-refractivity contribution >= 4 is 17.9 Å². The van der Waals surface area contributed by atoms with Gasteiger partial charge in [0.05, 0.1) is 18.8 Å². The maximum atomic E-state index is 10.2. The summed E-state index contributed by atoms with van der Waals surface area (Å²) in [6.45, 7) is 2.50. The Kier molecular flexibility index (Phi) is 11.9. The van der Waals surface area contributed by atoms with Crippen LogP contribution in [0, 0.1) is 0 Å². The molecule has 4 N–H and O–H groups in total. The molecule has 1 aliphatic heterocycles. The van der Waals surface area contributed by atoms with Crippen molar-refractivity contribution < 1.29 is 64.4 Å². The molecule has 0 radical (unpaired) electrons. The zero-order chi connectivity index (χ0) is 14.9. The Balaban J connectivity index is 0. The van der Waals surface area contributed by atoms with Gasteiger partial charge < -0.3 is 30.5 Å². The number of hydrogen-bond donors (Lipinski definition) is 4. The summed E-state index contributed by atoms with van der Waals surface area (Å²) in [5, 5.41) is 38.8. The van der Waals surface area contributed by atoms with Crippen LogP contribution < -0.4 is 40.0 Å². The van der Waals surface area contributed by atoms with Gasteiger partial charge in [-0.15, -0.1) is 0 Å². The van der Waals surface area contributed by atoms with E-state index in [9.17, 15) is 19.5 Å². The topological polar surface area (TPSA) is 147 Å². The molecule has 0 aromatic rings. The summed E-state index contributed by atoms with van der Waals surface area (Å²) in [6.07, 6.45) is 1.80. The van der Waals surface area contributed by atoms with Gasteiger partial charge >= 0.3 is 41.5 Å². The van der Waals surface area contributed by atoms with Gasteiger partial charge in [0.25, 0.3) is 0 Å². The molecule has 0 spiro atoms. The zero-order valence-corrected chi connectivity index (χ0v) is 13.4. The van der Waals surface area contributed by atoms with Gasteiger partial charge in [0, 0.05) is 0 Å². The maximum absolute atomic E-state index is 10.2. The van der Waals surface area contributed by atoms with Crippen molar-refractivity contribution in [3.05, 3.63) is 0 Å². The Morgan fingerprint density at radius 1 is 1.00 bits per heavy atom. The summed E-state index contributed by atoms with van der Waals surface area (Å²) >= 11 is 0. The quantitative estimate of drug-likeness (QED) is 0.370. The molecule has 0 aromatic carbocycles. The van der Waals surface area contributed by atoms with Gasteiger partial charge in [-0.1, -0.05) is 6.42 Å². The summed E-state index contributed by atoms with van der Waals surface area (Å²) in [4.78, 5) is 30.3. The van der Waals surface area contributed by atoms with Gasteiger partial charge in [0.15, 0.2) is 0 Å². The Labute approximate surface area is 138 Å². The number of carbonyl (C=O) groups excluding carboxylic acids is 1. The number of hydrogen-bond acceptors (Lipinski definition) is 6. The number of carboxylic acid groups (broad SMARTS) is 3. The van der Waals surface area contributed by atoms with E-state index in [1.165, 1.54) is 32.4 Å². The van der Waals surface area contributed by atoms with Crippen LogP contribution >= 0.6 is 0 Å². The number of piperidine rings is 1. The van der Waals surface area contributed by atoms with Crippen LogP contribution in [0.15, 0.2) is 0 Å². The SMILES string of the molecule is C1CCNCC1.O=C(O)CC(O)(CC(=O)O)C(=O)[O-].[Na+]. The number of carbonyl (C=O) groups is 3. The van der Waals surface area contributed by atoms with Crippen LogP contribution in [0.4, 0.5) is 0 Å². The molecule has 1 rings (SSSR count). The first-order valence-electron chi connectivity index (χ1n) is 5.86. The number of aliphatic hydroxyl groups is 1. The molecule has 110 valence electrons. The van der Waals surface area contributed by atoms with E-state index in [-0.39, 0.29) is 29.6 Å². The van der Waals surface area contributed by atoms with E-state index in [2.05, 4.69) is 5.32 Å². The molecule has 0 amide bonds. The van der Waals surface area contributed by atoms with Crippen molar-refractivity contribution in [2.24, 2.45) is 0 Å². The van der Waals surface area contributed by atoms with Crippen LogP contribution in [-0.2, 0) is 14.4 Å². The molecule has 1 fully saturated rings. The number of nitrogens with one attached hydrogen (secondary N) is 1. The Bertz CT molecular complexity index is 303. The van der Waals surface area contributed by atoms with E-state index >= 15 is 0 Å². The predicted molar refractivity (Wildman–Crippen MR) is 61.2 cm³/mol. The minimum absolute atomic E-state index is 0. The summed E-state index contributed by atoms with van der Waals surface area (Å²) in [7, 11) is 0. The monoisotopic (exact) mass is 299 g/mol. The molecule has 1 aliphatic rings. The Hall–Kier alpha value is -0.670. The zero-order valence-electron chi connectivity index (χ0n) is 11.4. The van der Waals surface area contributed by atoms with Crippen molar-refractivity contribution in [1.29, 1.82) is 0 Å². The summed E-state index contributed by atoms with van der Waals surface area (Å²) in [5.41, 5.74) is -2.85. The second kappa shape index (κ2) is 11.0. The first-order valence-corrected chi connectivity index (χ1v) is 5.86. The van der Waals surface area contributed by atoms with Gasteiger partial charge in [-0.25, -0.2) is 0 Å². The molecule has 0 atom stereocenters. The first-order chi connectivity index (χ1) is 8.78. The Morgan fingerprint density at radius 2 is 1.40 bits per heavy atom. The third-order valence-electron chi connectivity index (χ3n) is 2.47. The summed E-state index contributed by atoms with van der Waals surface area (Å²) < 4.78 is 0. The molecule has 0 bridgehead atoms. The van der Waals surface area contributed by atoms with Gasteiger partial charge in [-0.3, -0.25) is 9.59 Å². The normalized spacial score (nSPS) is 14.2. The fourth-order valence-corrected chi connectivity index (χ4v) is 1.51. The molecule has 0 unspecified atom stereocenters. The second-order valence-corrected chi connectivity index (χ2v) is 4.27. The van der Waals surface area contributed by atoms with Crippen molar-refractivity contribution in [1.82, 2.24) is 5.32 Å².